The van der Waals surface area contributed by atoms with E-state index in [9.17, 15) is 14.0 Å². The van der Waals surface area contributed by atoms with Crippen molar-refractivity contribution in [2.75, 3.05) is 10.6 Å². The Hall–Kier alpha value is -2.89. The normalized spacial score (nSPS) is 18.3. The largest absolute Gasteiger partial charge is 0.336 e. The van der Waals surface area contributed by atoms with Crippen LogP contribution < -0.4 is 16.0 Å². The molecule has 1 fully saturated rings. The Kier molecular flexibility index (Phi) is 5.21. The van der Waals surface area contributed by atoms with Gasteiger partial charge in [-0.2, -0.15) is 0 Å². The van der Waals surface area contributed by atoms with Crippen LogP contribution in [0, 0.1) is 11.7 Å². The van der Waals surface area contributed by atoms with Crippen molar-refractivity contribution in [2.24, 2.45) is 5.92 Å². The van der Waals surface area contributed by atoms with E-state index >= 15 is 0 Å². The fourth-order valence-electron chi connectivity index (χ4n) is 2.95. The molecule has 2 atom stereocenters. The summed E-state index contributed by atoms with van der Waals surface area (Å²) in [6, 6.07) is 13.2. The number of carbonyl (C=O) groups excluding carboxylic acids is 2. The average molecular weight is 355 g/mol. The SMILES string of the molecule is CC(C)NC(=O)Nc1ccccc1NC(=O)C1CC1c1ccccc1F. The maximum absolute atomic E-state index is 13.9. The number of hydrogen-bond donors (Lipinski definition) is 3. The Balaban J connectivity index is 1.66. The summed E-state index contributed by atoms with van der Waals surface area (Å²) in [6.07, 6.45) is 0.621. The minimum Gasteiger partial charge on any atom is -0.336 e. The zero-order valence-electron chi connectivity index (χ0n) is 14.8. The van der Waals surface area contributed by atoms with E-state index < -0.39 is 0 Å². The molecule has 2 aromatic rings. The summed E-state index contributed by atoms with van der Waals surface area (Å²) < 4.78 is 13.9. The Bertz CT molecular complexity index is 822. The van der Waals surface area contributed by atoms with Gasteiger partial charge in [0.05, 0.1) is 11.4 Å². The maximum atomic E-state index is 13.9. The molecule has 3 rings (SSSR count). The first kappa shape index (κ1) is 17.9. The molecule has 0 spiro atoms. The summed E-state index contributed by atoms with van der Waals surface area (Å²) in [6.45, 7) is 3.73. The predicted molar refractivity (Wildman–Crippen MR) is 99.6 cm³/mol. The maximum Gasteiger partial charge on any atom is 0.319 e. The van der Waals surface area contributed by atoms with Crippen LogP contribution in [0.4, 0.5) is 20.6 Å². The summed E-state index contributed by atoms with van der Waals surface area (Å²) in [4.78, 5) is 24.4. The number of urea groups is 1. The molecule has 3 amide bonds. The number of anilines is 2. The van der Waals surface area contributed by atoms with Crippen LogP contribution in [0.15, 0.2) is 48.5 Å². The van der Waals surface area contributed by atoms with Crippen LogP contribution in [0.25, 0.3) is 0 Å². The molecule has 0 aromatic heterocycles. The highest BCUT2D eigenvalue weighted by atomic mass is 19.1. The number of benzene rings is 2. The first-order valence-corrected chi connectivity index (χ1v) is 8.67. The third kappa shape index (κ3) is 4.20. The topological polar surface area (TPSA) is 70.2 Å². The number of amides is 3. The van der Waals surface area contributed by atoms with Crippen molar-refractivity contribution in [1.29, 1.82) is 0 Å². The monoisotopic (exact) mass is 355 g/mol. The van der Waals surface area contributed by atoms with Crippen molar-refractivity contribution in [3.05, 3.63) is 59.9 Å². The smallest absolute Gasteiger partial charge is 0.319 e. The lowest BCUT2D eigenvalue weighted by Crippen LogP contribution is -2.34. The lowest BCUT2D eigenvalue weighted by molar-refractivity contribution is -0.117. The molecule has 0 saturated heterocycles. The number of hydrogen-bond acceptors (Lipinski definition) is 2. The second kappa shape index (κ2) is 7.56. The first-order chi connectivity index (χ1) is 12.5. The van der Waals surface area contributed by atoms with Crippen LogP contribution in [-0.4, -0.2) is 18.0 Å². The highest BCUT2D eigenvalue weighted by molar-refractivity contribution is 6.01. The van der Waals surface area contributed by atoms with Gasteiger partial charge in [0.2, 0.25) is 5.91 Å². The van der Waals surface area contributed by atoms with Crippen LogP contribution in [0.3, 0.4) is 0 Å². The summed E-state index contributed by atoms with van der Waals surface area (Å²) in [5.74, 6) is -0.804. The summed E-state index contributed by atoms with van der Waals surface area (Å²) in [5.41, 5.74) is 1.62. The molecule has 0 bridgehead atoms. The number of rotatable bonds is 5. The standard InChI is InChI=1S/C20H22FN3O2/c1-12(2)22-20(26)24-18-10-6-5-9-17(18)23-19(25)15-11-14(15)13-7-3-4-8-16(13)21/h3-10,12,14-15H,11H2,1-2H3,(H,23,25)(H2,22,24,26). The van der Waals surface area contributed by atoms with Gasteiger partial charge in [0.1, 0.15) is 5.82 Å². The van der Waals surface area contributed by atoms with E-state index in [1.165, 1.54) is 6.07 Å². The van der Waals surface area contributed by atoms with Crippen LogP contribution >= 0.6 is 0 Å². The second-order valence-electron chi connectivity index (χ2n) is 6.76. The fraction of sp³-hybridized carbons (Fsp3) is 0.300. The minimum atomic E-state index is -0.336. The van der Waals surface area contributed by atoms with E-state index in [1.54, 1.807) is 42.5 Å². The van der Waals surface area contributed by atoms with Gasteiger partial charge in [-0.25, -0.2) is 9.18 Å². The highest BCUT2D eigenvalue weighted by Gasteiger charge is 2.45. The average Bonchev–Trinajstić information content (AvgIpc) is 3.37. The lowest BCUT2D eigenvalue weighted by atomic mass is 10.1. The molecule has 5 nitrogen and oxygen atoms in total. The summed E-state index contributed by atoms with van der Waals surface area (Å²) in [7, 11) is 0. The third-order valence-corrected chi connectivity index (χ3v) is 4.28. The fourth-order valence-corrected chi connectivity index (χ4v) is 2.95. The van der Waals surface area contributed by atoms with Crippen molar-refractivity contribution < 1.29 is 14.0 Å². The molecular weight excluding hydrogens is 333 g/mol. The third-order valence-electron chi connectivity index (χ3n) is 4.28. The molecule has 26 heavy (non-hydrogen) atoms. The molecular formula is C20H22FN3O2. The van der Waals surface area contributed by atoms with Crippen molar-refractivity contribution in [3.63, 3.8) is 0 Å². The number of para-hydroxylation sites is 2. The van der Waals surface area contributed by atoms with Gasteiger partial charge in [0.25, 0.3) is 0 Å². The molecule has 2 aromatic carbocycles. The van der Waals surface area contributed by atoms with Crippen molar-refractivity contribution in [1.82, 2.24) is 5.32 Å². The molecule has 1 saturated carbocycles. The molecule has 3 N–H and O–H groups in total. The van der Waals surface area contributed by atoms with Crippen LogP contribution in [0.1, 0.15) is 31.7 Å². The Labute approximate surface area is 152 Å². The Morgan fingerprint density at radius 1 is 1.00 bits per heavy atom. The molecule has 0 radical (unpaired) electrons. The quantitative estimate of drug-likeness (QED) is 0.756. The molecule has 0 heterocycles. The first-order valence-electron chi connectivity index (χ1n) is 8.67. The summed E-state index contributed by atoms with van der Waals surface area (Å²) in [5, 5.41) is 8.32. The van der Waals surface area contributed by atoms with Gasteiger partial charge in [-0.1, -0.05) is 30.3 Å². The number of nitrogens with one attached hydrogen (secondary N) is 3. The minimum absolute atomic E-state index is 0.00439. The van der Waals surface area contributed by atoms with Gasteiger partial charge in [-0.05, 0) is 49.9 Å². The number of halogens is 1. The molecule has 2 unspecified atom stereocenters. The van der Waals surface area contributed by atoms with E-state index in [0.717, 1.165) is 0 Å². The van der Waals surface area contributed by atoms with Crippen molar-refractivity contribution >= 4 is 23.3 Å². The number of carbonyl (C=O) groups is 2. The Morgan fingerprint density at radius 3 is 2.27 bits per heavy atom. The second-order valence-corrected chi connectivity index (χ2v) is 6.76. The van der Waals surface area contributed by atoms with E-state index in [-0.39, 0.29) is 35.6 Å². The van der Waals surface area contributed by atoms with Crippen LogP contribution in [0.2, 0.25) is 0 Å². The van der Waals surface area contributed by atoms with Crippen LogP contribution in [0.5, 0.6) is 0 Å². The summed E-state index contributed by atoms with van der Waals surface area (Å²) >= 11 is 0. The predicted octanol–water partition coefficient (Wildman–Crippen LogP) is 4.10. The van der Waals surface area contributed by atoms with Gasteiger partial charge in [0, 0.05) is 12.0 Å². The van der Waals surface area contributed by atoms with Gasteiger partial charge in [-0.3, -0.25) is 4.79 Å². The molecule has 1 aliphatic rings. The van der Waals surface area contributed by atoms with Crippen LogP contribution in [-0.2, 0) is 4.79 Å². The zero-order valence-corrected chi connectivity index (χ0v) is 14.8. The van der Waals surface area contributed by atoms with E-state index in [1.807, 2.05) is 13.8 Å². The lowest BCUT2D eigenvalue weighted by Gasteiger charge is -2.14. The van der Waals surface area contributed by atoms with Gasteiger partial charge < -0.3 is 16.0 Å². The Morgan fingerprint density at radius 2 is 1.62 bits per heavy atom. The molecule has 6 heteroatoms. The highest BCUT2D eigenvalue weighted by Crippen LogP contribution is 2.48. The van der Waals surface area contributed by atoms with Crippen molar-refractivity contribution in [2.45, 2.75) is 32.2 Å². The molecule has 136 valence electrons. The zero-order chi connectivity index (χ0) is 18.7. The molecule has 1 aliphatic carbocycles. The van der Waals surface area contributed by atoms with Crippen molar-refractivity contribution in [3.8, 4) is 0 Å². The van der Waals surface area contributed by atoms with E-state index in [2.05, 4.69) is 16.0 Å². The van der Waals surface area contributed by atoms with Gasteiger partial charge in [0.15, 0.2) is 0 Å². The van der Waals surface area contributed by atoms with E-state index in [4.69, 9.17) is 0 Å². The van der Waals surface area contributed by atoms with Gasteiger partial charge in [-0.15, -0.1) is 0 Å². The van der Waals surface area contributed by atoms with E-state index in [0.29, 0.717) is 23.4 Å². The molecule has 0 aliphatic heterocycles. The van der Waals surface area contributed by atoms with Gasteiger partial charge >= 0.3 is 6.03 Å².